The van der Waals surface area contributed by atoms with Crippen LogP contribution in [-0.4, -0.2) is 13.4 Å². The van der Waals surface area contributed by atoms with Gasteiger partial charge in [0.05, 0.1) is 4.90 Å². The minimum Gasteiger partial charge on any atom is -0.244 e. The first kappa shape index (κ1) is 14.0. The highest BCUT2D eigenvalue weighted by molar-refractivity contribution is 7.89. The van der Waals surface area contributed by atoms with E-state index in [1.807, 2.05) is 30.3 Å². The molecule has 2 rings (SSSR count). The molecule has 1 atom stereocenters. The molecule has 1 aromatic heterocycles. The van der Waals surface area contributed by atoms with Crippen molar-refractivity contribution < 1.29 is 8.42 Å². The zero-order valence-corrected chi connectivity index (χ0v) is 11.8. The Balaban J connectivity index is 2.23. The molecule has 0 unspecified atom stereocenters. The van der Waals surface area contributed by atoms with E-state index in [4.69, 9.17) is 11.6 Å². The van der Waals surface area contributed by atoms with E-state index in [0.717, 1.165) is 5.56 Å². The van der Waals surface area contributed by atoms with E-state index in [9.17, 15) is 8.42 Å². The third-order valence-electron chi connectivity index (χ3n) is 2.64. The summed E-state index contributed by atoms with van der Waals surface area (Å²) in [5, 5.41) is 0.148. The van der Waals surface area contributed by atoms with E-state index < -0.39 is 10.0 Å². The first-order chi connectivity index (χ1) is 8.99. The van der Waals surface area contributed by atoms with Crippen LogP contribution in [0.25, 0.3) is 0 Å². The standard InChI is InChI=1S/C13H13ClN2O2S/c1-10(11-5-3-2-4-6-11)16-19(17,18)12-7-8-15-13(14)9-12/h2-10,16H,1H3/t10-/m0/s1. The number of aromatic nitrogens is 1. The number of halogens is 1. The number of nitrogens with one attached hydrogen (secondary N) is 1. The van der Waals surface area contributed by atoms with Crippen LogP contribution >= 0.6 is 11.6 Å². The Morgan fingerprint density at radius 1 is 1.21 bits per heavy atom. The van der Waals surface area contributed by atoms with Gasteiger partial charge < -0.3 is 0 Å². The molecular weight excluding hydrogens is 284 g/mol. The van der Waals surface area contributed by atoms with Gasteiger partial charge in [0.25, 0.3) is 0 Å². The molecule has 0 bridgehead atoms. The van der Waals surface area contributed by atoms with Gasteiger partial charge in [-0.05, 0) is 24.6 Å². The van der Waals surface area contributed by atoms with Crippen LogP contribution in [0.4, 0.5) is 0 Å². The molecule has 0 fully saturated rings. The molecule has 0 saturated heterocycles. The van der Waals surface area contributed by atoms with E-state index in [0.29, 0.717) is 0 Å². The van der Waals surface area contributed by atoms with Crippen molar-refractivity contribution in [3.8, 4) is 0 Å². The summed E-state index contributed by atoms with van der Waals surface area (Å²) in [5.41, 5.74) is 0.895. The third-order valence-corrected chi connectivity index (χ3v) is 4.38. The van der Waals surface area contributed by atoms with Gasteiger partial charge in [0.2, 0.25) is 10.0 Å². The number of benzene rings is 1. The molecule has 19 heavy (non-hydrogen) atoms. The van der Waals surface area contributed by atoms with Crippen molar-refractivity contribution in [1.29, 1.82) is 0 Å². The van der Waals surface area contributed by atoms with Gasteiger partial charge in [-0.15, -0.1) is 0 Å². The molecule has 0 amide bonds. The Hall–Kier alpha value is -1.43. The highest BCUT2D eigenvalue weighted by Gasteiger charge is 2.18. The molecule has 0 aliphatic heterocycles. The topological polar surface area (TPSA) is 59.1 Å². The maximum atomic E-state index is 12.2. The Morgan fingerprint density at radius 2 is 1.89 bits per heavy atom. The molecule has 1 N–H and O–H groups in total. The lowest BCUT2D eigenvalue weighted by Crippen LogP contribution is -2.26. The van der Waals surface area contributed by atoms with Crippen molar-refractivity contribution >= 4 is 21.6 Å². The van der Waals surface area contributed by atoms with Gasteiger partial charge in [0, 0.05) is 12.2 Å². The maximum absolute atomic E-state index is 12.2. The highest BCUT2D eigenvalue weighted by Crippen LogP contribution is 2.17. The molecule has 0 aliphatic carbocycles. The van der Waals surface area contributed by atoms with Gasteiger partial charge in [-0.1, -0.05) is 41.9 Å². The highest BCUT2D eigenvalue weighted by atomic mass is 35.5. The molecule has 0 saturated carbocycles. The van der Waals surface area contributed by atoms with E-state index in [-0.39, 0.29) is 16.1 Å². The van der Waals surface area contributed by atoms with Gasteiger partial charge in [-0.3, -0.25) is 0 Å². The average molecular weight is 297 g/mol. The average Bonchev–Trinajstić information content (AvgIpc) is 2.39. The van der Waals surface area contributed by atoms with Crippen LogP contribution in [0.2, 0.25) is 5.15 Å². The molecule has 0 aliphatic rings. The molecule has 0 radical (unpaired) electrons. The van der Waals surface area contributed by atoms with E-state index in [2.05, 4.69) is 9.71 Å². The Morgan fingerprint density at radius 3 is 2.53 bits per heavy atom. The van der Waals surface area contributed by atoms with Crippen molar-refractivity contribution in [3.05, 3.63) is 59.4 Å². The summed E-state index contributed by atoms with van der Waals surface area (Å²) in [6, 6.07) is 11.8. The van der Waals surface area contributed by atoms with Gasteiger partial charge in [0.15, 0.2) is 0 Å². The van der Waals surface area contributed by atoms with Gasteiger partial charge in [0.1, 0.15) is 5.15 Å². The summed E-state index contributed by atoms with van der Waals surface area (Å²) in [7, 11) is -3.60. The van der Waals surface area contributed by atoms with Crippen LogP contribution < -0.4 is 4.72 Å². The summed E-state index contributed by atoms with van der Waals surface area (Å²) in [5.74, 6) is 0. The first-order valence-electron chi connectivity index (χ1n) is 5.68. The Labute approximate surface area is 117 Å². The van der Waals surface area contributed by atoms with Crippen molar-refractivity contribution in [2.45, 2.75) is 17.9 Å². The first-order valence-corrected chi connectivity index (χ1v) is 7.54. The Bertz CT molecular complexity index is 659. The van der Waals surface area contributed by atoms with Gasteiger partial charge in [-0.25, -0.2) is 18.1 Å². The third kappa shape index (κ3) is 3.53. The predicted molar refractivity (Wildman–Crippen MR) is 74.4 cm³/mol. The molecular formula is C13H13ClN2O2S. The molecule has 100 valence electrons. The smallest absolute Gasteiger partial charge is 0.241 e. The van der Waals surface area contributed by atoms with Crippen molar-refractivity contribution in [3.63, 3.8) is 0 Å². The second kappa shape index (κ2) is 5.69. The zero-order chi connectivity index (χ0) is 13.9. The monoisotopic (exact) mass is 296 g/mol. The second-order valence-electron chi connectivity index (χ2n) is 4.07. The van der Waals surface area contributed by atoms with Crippen LogP contribution in [0.15, 0.2) is 53.6 Å². The fourth-order valence-corrected chi connectivity index (χ4v) is 3.15. The number of hydrogen-bond acceptors (Lipinski definition) is 3. The lowest BCUT2D eigenvalue weighted by molar-refractivity contribution is 0.567. The summed E-state index contributed by atoms with van der Waals surface area (Å²) >= 11 is 5.70. The SMILES string of the molecule is C[C@H](NS(=O)(=O)c1ccnc(Cl)c1)c1ccccc1. The summed E-state index contributed by atoms with van der Waals surface area (Å²) in [4.78, 5) is 3.87. The number of sulfonamides is 1. The number of hydrogen-bond donors (Lipinski definition) is 1. The van der Waals surface area contributed by atoms with Gasteiger partial charge >= 0.3 is 0 Å². The summed E-state index contributed by atoms with van der Waals surface area (Å²) < 4.78 is 26.9. The molecule has 1 heterocycles. The van der Waals surface area contributed by atoms with E-state index >= 15 is 0 Å². The van der Waals surface area contributed by atoms with E-state index in [1.165, 1.54) is 18.3 Å². The predicted octanol–water partition coefficient (Wildman–Crippen LogP) is 2.77. The maximum Gasteiger partial charge on any atom is 0.241 e. The lowest BCUT2D eigenvalue weighted by Gasteiger charge is -2.14. The van der Waals surface area contributed by atoms with Crippen LogP contribution in [0.1, 0.15) is 18.5 Å². The van der Waals surface area contributed by atoms with Crippen molar-refractivity contribution in [2.75, 3.05) is 0 Å². The second-order valence-corrected chi connectivity index (χ2v) is 6.17. The zero-order valence-electron chi connectivity index (χ0n) is 10.2. The molecule has 6 heteroatoms. The van der Waals surface area contributed by atoms with Crippen LogP contribution in [0, 0.1) is 0 Å². The molecule has 1 aromatic carbocycles. The van der Waals surface area contributed by atoms with Crippen molar-refractivity contribution in [2.24, 2.45) is 0 Å². The van der Waals surface area contributed by atoms with Crippen LogP contribution in [0.3, 0.4) is 0 Å². The quantitative estimate of drug-likeness (QED) is 0.883. The fourth-order valence-electron chi connectivity index (χ4n) is 1.66. The number of nitrogens with zero attached hydrogens (tertiary/aromatic N) is 1. The van der Waals surface area contributed by atoms with Gasteiger partial charge in [-0.2, -0.15) is 0 Å². The minimum absolute atomic E-state index is 0.107. The summed E-state index contributed by atoms with van der Waals surface area (Å²) in [6.45, 7) is 1.79. The normalized spacial score (nSPS) is 13.2. The van der Waals surface area contributed by atoms with Crippen LogP contribution in [0.5, 0.6) is 0 Å². The van der Waals surface area contributed by atoms with Crippen molar-refractivity contribution in [1.82, 2.24) is 9.71 Å². The van der Waals surface area contributed by atoms with E-state index in [1.54, 1.807) is 6.92 Å². The van der Waals surface area contributed by atoms with Crippen LogP contribution in [-0.2, 0) is 10.0 Å². The fraction of sp³-hybridized carbons (Fsp3) is 0.154. The summed E-state index contributed by atoms with van der Waals surface area (Å²) in [6.07, 6.45) is 1.37. The minimum atomic E-state index is -3.60. The molecule has 4 nitrogen and oxygen atoms in total. The number of rotatable bonds is 4. The lowest BCUT2D eigenvalue weighted by atomic mass is 10.1. The Kier molecular flexibility index (Phi) is 4.19. The largest absolute Gasteiger partial charge is 0.244 e. The number of pyridine rings is 1. The molecule has 0 spiro atoms. The molecule has 2 aromatic rings.